The van der Waals surface area contributed by atoms with Gasteiger partial charge in [0.2, 0.25) is 0 Å². The Hall–Kier alpha value is -2.45. The van der Waals surface area contributed by atoms with Crippen molar-refractivity contribution in [3.05, 3.63) is 71.8 Å². The summed E-state index contributed by atoms with van der Waals surface area (Å²) < 4.78 is 16.7. The van der Waals surface area contributed by atoms with Crippen molar-refractivity contribution in [2.75, 3.05) is 6.61 Å². The molecule has 2 aliphatic rings. The summed E-state index contributed by atoms with van der Waals surface area (Å²) in [5.74, 6) is 0. The van der Waals surface area contributed by atoms with Crippen molar-refractivity contribution in [1.29, 1.82) is 0 Å². The predicted molar refractivity (Wildman–Crippen MR) is 99.0 cm³/mol. The van der Waals surface area contributed by atoms with Gasteiger partial charge in [0.1, 0.15) is 24.9 Å². The number of cyclic esters (lactones) is 1. The number of rotatable bonds is 6. The molecule has 0 aliphatic carbocycles. The Kier molecular flexibility index (Phi) is 5.59. The minimum atomic E-state index is -1.37. The summed E-state index contributed by atoms with van der Waals surface area (Å²) in [7, 11) is 0. The van der Waals surface area contributed by atoms with Gasteiger partial charge in [-0.3, -0.25) is 4.90 Å². The molecule has 28 heavy (non-hydrogen) atoms. The van der Waals surface area contributed by atoms with Crippen LogP contribution in [0.15, 0.2) is 60.7 Å². The summed E-state index contributed by atoms with van der Waals surface area (Å²) in [6.07, 6.45) is -4.52. The lowest BCUT2D eigenvalue weighted by molar-refractivity contribution is -0.135. The maximum atomic E-state index is 12.3. The number of carbonyl (C=O) groups excluding carboxylic acids is 1. The lowest BCUT2D eigenvalue weighted by atomic mass is 10.0. The summed E-state index contributed by atoms with van der Waals surface area (Å²) in [6.45, 7) is 0.720. The molecule has 7 heteroatoms. The average molecular weight is 385 g/mol. The third-order valence-corrected chi connectivity index (χ3v) is 5.12. The van der Waals surface area contributed by atoms with Crippen LogP contribution in [0.3, 0.4) is 0 Å². The van der Waals surface area contributed by atoms with E-state index in [1.165, 1.54) is 0 Å². The van der Waals surface area contributed by atoms with E-state index in [-0.39, 0.29) is 13.2 Å². The van der Waals surface area contributed by atoms with Crippen molar-refractivity contribution in [1.82, 2.24) is 4.90 Å². The molecule has 2 aromatic carbocycles. The molecule has 0 radical (unpaired) electrons. The van der Waals surface area contributed by atoms with Crippen LogP contribution in [0.4, 0.5) is 4.79 Å². The number of carbonyl (C=O) groups is 1. The molecule has 5 atom stereocenters. The molecule has 2 aromatic rings. The van der Waals surface area contributed by atoms with E-state index in [1.54, 1.807) is 4.90 Å². The molecule has 0 unspecified atom stereocenters. The van der Waals surface area contributed by atoms with Crippen molar-refractivity contribution in [3.63, 3.8) is 0 Å². The van der Waals surface area contributed by atoms with Gasteiger partial charge in [0.15, 0.2) is 6.29 Å². The fourth-order valence-corrected chi connectivity index (χ4v) is 3.64. The minimum absolute atomic E-state index is 0.112. The van der Waals surface area contributed by atoms with Crippen molar-refractivity contribution < 1.29 is 29.2 Å². The second kappa shape index (κ2) is 8.28. The topological polar surface area (TPSA) is 88.5 Å². The lowest BCUT2D eigenvalue weighted by Gasteiger charge is -2.29. The predicted octanol–water partition coefficient (Wildman–Crippen LogP) is 1.67. The molecule has 0 aromatic heterocycles. The molecule has 0 spiro atoms. The third-order valence-electron chi connectivity index (χ3n) is 5.12. The highest BCUT2D eigenvalue weighted by Gasteiger charge is 2.52. The lowest BCUT2D eigenvalue weighted by Crippen LogP contribution is -2.48. The van der Waals surface area contributed by atoms with Gasteiger partial charge >= 0.3 is 6.09 Å². The molecule has 0 bridgehead atoms. The number of nitrogens with zero attached hydrogens (tertiary/aromatic N) is 1. The number of ether oxygens (including phenoxy) is 3. The monoisotopic (exact) mass is 385 g/mol. The first-order valence-electron chi connectivity index (χ1n) is 9.28. The van der Waals surface area contributed by atoms with E-state index in [4.69, 9.17) is 14.2 Å². The molecule has 2 fully saturated rings. The highest BCUT2D eigenvalue weighted by Crippen LogP contribution is 2.31. The molecule has 7 nitrogen and oxygen atoms in total. The smallest absolute Gasteiger partial charge is 0.410 e. The van der Waals surface area contributed by atoms with Gasteiger partial charge in [-0.1, -0.05) is 60.7 Å². The Bertz CT molecular complexity index is 786. The van der Waals surface area contributed by atoms with Crippen LogP contribution in [-0.2, 0) is 27.4 Å². The quantitative estimate of drug-likeness (QED) is 0.787. The van der Waals surface area contributed by atoms with Crippen LogP contribution in [0, 0.1) is 0 Å². The number of aliphatic hydroxyl groups excluding tert-OH is 2. The summed E-state index contributed by atoms with van der Waals surface area (Å²) in [6, 6.07) is 18.6. The maximum absolute atomic E-state index is 12.3. The Morgan fingerprint density at radius 1 is 1.00 bits per heavy atom. The average Bonchev–Trinajstić information content (AvgIpc) is 3.21. The molecular weight excluding hydrogens is 362 g/mol. The summed E-state index contributed by atoms with van der Waals surface area (Å²) >= 11 is 0. The molecular formula is C21H23NO6. The first-order chi connectivity index (χ1) is 13.6. The zero-order valence-corrected chi connectivity index (χ0v) is 15.3. The summed E-state index contributed by atoms with van der Waals surface area (Å²) in [4.78, 5) is 13.8. The van der Waals surface area contributed by atoms with Gasteiger partial charge in [0.05, 0.1) is 12.6 Å². The van der Waals surface area contributed by atoms with E-state index in [0.29, 0.717) is 6.54 Å². The van der Waals surface area contributed by atoms with Gasteiger partial charge in [0.25, 0.3) is 0 Å². The van der Waals surface area contributed by atoms with E-state index in [1.807, 2.05) is 60.7 Å². The minimum Gasteiger partial charge on any atom is -0.447 e. The maximum Gasteiger partial charge on any atom is 0.410 e. The zero-order valence-electron chi connectivity index (χ0n) is 15.3. The Morgan fingerprint density at radius 2 is 1.64 bits per heavy atom. The number of amides is 1. The van der Waals surface area contributed by atoms with Crippen molar-refractivity contribution in [2.45, 2.75) is 43.8 Å². The number of hydrogen-bond acceptors (Lipinski definition) is 6. The normalized spacial score (nSPS) is 29.9. The molecule has 1 amide bonds. The highest BCUT2D eigenvalue weighted by atomic mass is 16.7. The van der Waals surface area contributed by atoms with Crippen LogP contribution in [0.2, 0.25) is 0 Å². The van der Waals surface area contributed by atoms with Crippen LogP contribution in [0.1, 0.15) is 11.1 Å². The SMILES string of the molecule is O=C1OC[C@H]([C@H]2O[C@H](O)[C@H](O)[C@H]2OCc2ccccc2)N1Cc1ccccc1. The molecule has 148 valence electrons. The highest BCUT2D eigenvalue weighted by molar-refractivity contribution is 5.70. The molecule has 2 saturated heterocycles. The van der Waals surface area contributed by atoms with Crippen LogP contribution in [0.25, 0.3) is 0 Å². The number of hydrogen-bond donors (Lipinski definition) is 2. The van der Waals surface area contributed by atoms with Crippen molar-refractivity contribution >= 4 is 6.09 Å². The van der Waals surface area contributed by atoms with Gasteiger partial charge in [-0.25, -0.2) is 4.79 Å². The molecule has 0 saturated carbocycles. The third kappa shape index (κ3) is 3.88. The Morgan fingerprint density at radius 3 is 2.32 bits per heavy atom. The van der Waals surface area contributed by atoms with E-state index in [0.717, 1.165) is 11.1 Å². The first-order valence-corrected chi connectivity index (χ1v) is 9.28. The Labute approximate surface area is 163 Å². The van der Waals surface area contributed by atoms with Gasteiger partial charge in [-0.15, -0.1) is 0 Å². The van der Waals surface area contributed by atoms with Crippen LogP contribution < -0.4 is 0 Å². The van der Waals surface area contributed by atoms with Crippen LogP contribution in [0.5, 0.6) is 0 Å². The molecule has 4 rings (SSSR count). The van der Waals surface area contributed by atoms with Gasteiger partial charge in [-0.05, 0) is 11.1 Å². The van der Waals surface area contributed by atoms with E-state index in [2.05, 4.69) is 0 Å². The van der Waals surface area contributed by atoms with Crippen molar-refractivity contribution in [2.24, 2.45) is 0 Å². The van der Waals surface area contributed by atoms with Crippen LogP contribution in [-0.4, -0.2) is 58.5 Å². The van der Waals surface area contributed by atoms with Gasteiger partial charge in [-0.2, -0.15) is 0 Å². The number of benzene rings is 2. The second-order valence-corrected chi connectivity index (χ2v) is 7.00. The second-order valence-electron chi connectivity index (χ2n) is 7.00. The molecule has 2 N–H and O–H groups in total. The van der Waals surface area contributed by atoms with Crippen LogP contribution >= 0.6 is 0 Å². The first kappa shape index (κ1) is 18.9. The largest absolute Gasteiger partial charge is 0.447 e. The molecule has 2 heterocycles. The Balaban J connectivity index is 1.50. The summed E-state index contributed by atoms with van der Waals surface area (Å²) in [5.41, 5.74) is 1.89. The zero-order chi connectivity index (χ0) is 19.5. The van der Waals surface area contributed by atoms with Gasteiger partial charge < -0.3 is 24.4 Å². The van der Waals surface area contributed by atoms with E-state index >= 15 is 0 Å². The van der Waals surface area contributed by atoms with Crippen molar-refractivity contribution in [3.8, 4) is 0 Å². The van der Waals surface area contributed by atoms with E-state index in [9.17, 15) is 15.0 Å². The van der Waals surface area contributed by atoms with Gasteiger partial charge in [0, 0.05) is 6.54 Å². The number of aliphatic hydroxyl groups is 2. The summed E-state index contributed by atoms with van der Waals surface area (Å²) in [5, 5.41) is 20.4. The fraction of sp³-hybridized carbons (Fsp3) is 0.381. The molecule has 2 aliphatic heterocycles. The van der Waals surface area contributed by atoms with E-state index < -0.39 is 36.7 Å². The fourth-order valence-electron chi connectivity index (χ4n) is 3.64. The standard InChI is InChI=1S/C21H23NO6/c23-17-19(26-12-15-9-5-2-6-10-15)18(28-20(17)24)16-13-27-21(25)22(16)11-14-7-3-1-4-8-14/h1-10,16-20,23-24H,11-13H2/t16-,17-,18-,19-,20+/m1/s1.